The van der Waals surface area contributed by atoms with E-state index in [2.05, 4.69) is 10.1 Å². The smallest absolute Gasteiger partial charge is 0.246 e. The first-order chi connectivity index (χ1) is 6.00. The molecule has 6 nitrogen and oxygen atoms in total. The van der Waals surface area contributed by atoms with Crippen molar-refractivity contribution < 1.29 is 0 Å². The molecule has 0 unspecified atom stereocenters. The van der Waals surface area contributed by atoms with Gasteiger partial charge in [-0.05, 0) is 19.9 Å². The van der Waals surface area contributed by atoms with E-state index in [0.717, 1.165) is 11.4 Å². The maximum atomic E-state index is 7.47. The molecule has 0 bridgehead atoms. The van der Waals surface area contributed by atoms with Crippen LogP contribution in [0.2, 0.25) is 0 Å². The van der Waals surface area contributed by atoms with Gasteiger partial charge in [0, 0.05) is 5.69 Å². The second-order valence-corrected chi connectivity index (χ2v) is 2.70. The molecule has 0 aliphatic heterocycles. The van der Waals surface area contributed by atoms with Crippen molar-refractivity contribution in [2.45, 2.75) is 13.8 Å². The van der Waals surface area contributed by atoms with E-state index in [4.69, 9.17) is 16.9 Å². The second-order valence-electron chi connectivity index (χ2n) is 2.70. The molecule has 0 aromatic carbocycles. The van der Waals surface area contributed by atoms with E-state index in [-0.39, 0.29) is 11.9 Å². The minimum atomic E-state index is -0.141. The van der Waals surface area contributed by atoms with Crippen molar-refractivity contribution in [3.63, 3.8) is 0 Å². The Morgan fingerprint density at radius 1 is 1.54 bits per heavy atom. The SMILES string of the molecule is Cc1cc(C)n(C(=N)N=C(N)N)n1. The normalized spacial score (nSPS) is 9.69. The molecule has 0 radical (unpaired) electrons. The highest BCUT2D eigenvalue weighted by molar-refractivity contribution is 5.92. The number of aliphatic imine (C=N–C) groups is 1. The Kier molecular flexibility index (Phi) is 2.32. The lowest BCUT2D eigenvalue weighted by molar-refractivity contribution is 0.863. The molecule has 0 amide bonds. The van der Waals surface area contributed by atoms with Gasteiger partial charge in [0.05, 0.1) is 5.69 Å². The van der Waals surface area contributed by atoms with E-state index in [0.29, 0.717) is 0 Å². The Morgan fingerprint density at radius 2 is 2.15 bits per heavy atom. The van der Waals surface area contributed by atoms with Gasteiger partial charge in [-0.25, -0.2) is 4.68 Å². The fourth-order valence-electron chi connectivity index (χ4n) is 1.01. The van der Waals surface area contributed by atoms with Gasteiger partial charge in [0.15, 0.2) is 5.96 Å². The van der Waals surface area contributed by atoms with Gasteiger partial charge < -0.3 is 11.5 Å². The Hall–Kier alpha value is -1.85. The summed E-state index contributed by atoms with van der Waals surface area (Å²) in [5.74, 6) is -0.219. The Labute approximate surface area is 75.8 Å². The van der Waals surface area contributed by atoms with E-state index in [1.807, 2.05) is 19.9 Å². The molecule has 0 spiro atoms. The Bertz CT molecular complexity index is 357. The summed E-state index contributed by atoms with van der Waals surface area (Å²) in [6, 6.07) is 1.84. The van der Waals surface area contributed by atoms with Gasteiger partial charge in [-0.1, -0.05) is 0 Å². The minimum absolute atomic E-state index is 0.0781. The highest BCUT2D eigenvalue weighted by Gasteiger charge is 2.04. The maximum absolute atomic E-state index is 7.47. The maximum Gasteiger partial charge on any atom is 0.246 e. The molecule has 1 aromatic rings. The van der Waals surface area contributed by atoms with Crippen molar-refractivity contribution in [3.8, 4) is 0 Å². The highest BCUT2D eigenvalue weighted by Crippen LogP contribution is 2.01. The molecular formula is C7H12N6. The van der Waals surface area contributed by atoms with Crippen LogP contribution in [0.1, 0.15) is 11.4 Å². The molecule has 0 aliphatic carbocycles. The van der Waals surface area contributed by atoms with Crippen molar-refractivity contribution in [1.29, 1.82) is 5.41 Å². The van der Waals surface area contributed by atoms with Crippen molar-refractivity contribution >= 4 is 11.9 Å². The van der Waals surface area contributed by atoms with E-state index in [1.54, 1.807) is 0 Å². The molecule has 0 fully saturated rings. The topological polar surface area (TPSA) is 106 Å². The second kappa shape index (κ2) is 3.26. The highest BCUT2D eigenvalue weighted by atomic mass is 15.4. The van der Waals surface area contributed by atoms with Crippen LogP contribution in [-0.4, -0.2) is 21.7 Å². The predicted molar refractivity (Wildman–Crippen MR) is 50.6 cm³/mol. The van der Waals surface area contributed by atoms with Gasteiger partial charge in [0.2, 0.25) is 5.96 Å². The van der Waals surface area contributed by atoms with Crippen molar-refractivity contribution in [3.05, 3.63) is 17.5 Å². The number of nitrogens with one attached hydrogen (secondary N) is 1. The fourth-order valence-corrected chi connectivity index (χ4v) is 1.01. The first-order valence-corrected chi connectivity index (χ1v) is 3.72. The third-order valence-corrected chi connectivity index (χ3v) is 1.45. The van der Waals surface area contributed by atoms with Gasteiger partial charge in [-0.15, -0.1) is 0 Å². The van der Waals surface area contributed by atoms with Crippen LogP contribution >= 0.6 is 0 Å². The van der Waals surface area contributed by atoms with Crippen LogP contribution in [0.5, 0.6) is 0 Å². The molecule has 0 saturated carbocycles. The molecule has 5 N–H and O–H groups in total. The molecule has 0 atom stereocenters. The molecule has 6 heteroatoms. The summed E-state index contributed by atoms with van der Waals surface area (Å²) >= 11 is 0. The number of rotatable bonds is 0. The first-order valence-electron chi connectivity index (χ1n) is 3.72. The molecule has 70 valence electrons. The van der Waals surface area contributed by atoms with E-state index in [1.165, 1.54) is 4.68 Å². The van der Waals surface area contributed by atoms with E-state index >= 15 is 0 Å². The van der Waals surface area contributed by atoms with Gasteiger partial charge in [-0.2, -0.15) is 10.1 Å². The zero-order chi connectivity index (χ0) is 10.0. The quantitative estimate of drug-likeness (QED) is 0.372. The number of hydrogen-bond acceptors (Lipinski definition) is 2. The van der Waals surface area contributed by atoms with Crippen LogP contribution in [0.15, 0.2) is 11.1 Å². The molecule has 1 rings (SSSR count). The lowest BCUT2D eigenvalue weighted by Crippen LogP contribution is -2.26. The van der Waals surface area contributed by atoms with Crippen LogP contribution in [0.4, 0.5) is 0 Å². The standard InChI is InChI=1S/C7H12N6/c1-4-3-5(2)13(12-4)7(10)11-6(8)9/h3H,1-2H3,(H5,8,9,10,11). The van der Waals surface area contributed by atoms with Crippen molar-refractivity contribution in [2.75, 3.05) is 0 Å². The van der Waals surface area contributed by atoms with Crippen LogP contribution < -0.4 is 11.5 Å². The number of hydrogen-bond donors (Lipinski definition) is 3. The summed E-state index contributed by atoms with van der Waals surface area (Å²) in [6.07, 6.45) is 0. The lowest BCUT2D eigenvalue weighted by Gasteiger charge is -1.99. The third kappa shape index (κ3) is 2.05. The fraction of sp³-hybridized carbons (Fsp3) is 0.286. The monoisotopic (exact) mass is 180 g/mol. The van der Waals surface area contributed by atoms with Crippen LogP contribution in [-0.2, 0) is 0 Å². The summed E-state index contributed by atoms with van der Waals surface area (Å²) in [5.41, 5.74) is 11.9. The molecule has 1 aromatic heterocycles. The van der Waals surface area contributed by atoms with Gasteiger partial charge in [0.25, 0.3) is 0 Å². The number of aromatic nitrogens is 2. The van der Waals surface area contributed by atoms with Gasteiger partial charge in [0.1, 0.15) is 0 Å². The molecule has 0 aliphatic rings. The predicted octanol–water partition coefficient (Wildman–Crippen LogP) is -0.444. The number of guanidine groups is 1. The van der Waals surface area contributed by atoms with E-state index < -0.39 is 0 Å². The largest absolute Gasteiger partial charge is 0.370 e. The average Bonchev–Trinajstić information content (AvgIpc) is 2.28. The number of nitrogens with two attached hydrogens (primary N) is 2. The Morgan fingerprint density at radius 3 is 2.54 bits per heavy atom. The van der Waals surface area contributed by atoms with Crippen LogP contribution in [0, 0.1) is 19.3 Å². The zero-order valence-electron chi connectivity index (χ0n) is 7.57. The number of aryl methyl sites for hydroxylation is 2. The third-order valence-electron chi connectivity index (χ3n) is 1.45. The van der Waals surface area contributed by atoms with Crippen molar-refractivity contribution in [1.82, 2.24) is 9.78 Å². The molecule has 13 heavy (non-hydrogen) atoms. The summed E-state index contributed by atoms with van der Waals surface area (Å²) in [6.45, 7) is 3.67. The average molecular weight is 180 g/mol. The van der Waals surface area contributed by atoms with Crippen LogP contribution in [0.25, 0.3) is 0 Å². The zero-order valence-corrected chi connectivity index (χ0v) is 7.57. The van der Waals surface area contributed by atoms with Crippen molar-refractivity contribution in [2.24, 2.45) is 16.5 Å². The van der Waals surface area contributed by atoms with Gasteiger partial charge in [-0.3, -0.25) is 5.41 Å². The molecule has 1 heterocycles. The molecular weight excluding hydrogens is 168 g/mol. The summed E-state index contributed by atoms with van der Waals surface area (Å²) < 4.78 is 1.37. The van der Waals surface area contributed by atoms with E-state index in [9.17, 15) is 0 Å². The lowest BCUT2D eigenvalue weighted by atomic mass is 10.4. The van der Waals surface area contributed by atoms with Gasteiger partial charge >= 0.3 is 0 Å². The Balaban J connectivity index is 3.02. The first kappa shape index (κ1) is 9.24. The minimum Gasteiger partial charge on any atom is -0.370 e. The number of nitrogens with zero attached hydrogens (tertiary/aromatic N) is 3. The molecule has 0 saturated heterocycles. The summed E-state index contributed by atoms with van der Waals surface area (Å²) in [4.78, 5) is 3.58. The summed E-state index contributed by atoms with van der Waals surface area (Å²) in [5, 5.41) is 11.5. The summed E-state index contributed by atoms with van der Waals surface area (Å²) in [7, 11) is 0. The van der Waals surface area contributed by atoms with Crippen LogP contribution in [0.3, 0.4) is 0 Å².